The van der Waals surface area contributed by atoms with Crippen molar-refractivity contribution in [3.8, 4) is 17.2 Å². The predicted molar refractivity (Wildman–Crippen MR) is 98.2 cm³/mol. The first-order chi connectivity index (χ1) is 12.5. The van der Waals surface area contributed by atoms with E-state index in [1.165, 1.54) is 0 Å². The van der Waals surface area contributed by atoms with Crippen molar-refractivity contribution in [3.05, 3.63) is 17.7 Å². The third kappa shape index (κ3) is 7.01. The van der Waals surface area contributed by atoms with Crippen LogP contribution in [-0.2, 0) is 16.1 Å². The van der Waals surface area contributed by atoms with Gasteiger partial charge in [0.2, 0.25) is 5.75 Å². The van der Waals surface area contributed by atoms with Crippen LogP contribution in [0, 0.1) is 0 Å². The van der Waals surface area contributed by atoms with Crippen LogP contribution in [0.4, 0.5) is 0 Å². The molecule has 1 N–H and O–H groups in total. The Morgan fingerprint density at radius 3 is 2.11 bits per heavy atom. The Balaban J connectivity index is 0.00000364. The summed E-state index contributed by atoms with van der Waals surface area (Å²) in [7, 11) is 4.73. The van der Waals surface area contributed by atoms with E-state index in [1.807, 2.05) is 12.1 Å². The number of morpholine rings is 1. The van der Waals surface area contributed by atoms with Gasteiger partial charge in [0.15, 0.2) is 11.5 Å². The highest BCUT2D eigenvalue weighted by Gasteiger charge is 2.23. The summed E-state index contributed by atoms with van der Waals surface area (Å²) in [4.78, 5) is 2.21. The highest BCUT2D eigenvalue weighted by Crippen LogP contribution is 2.38. The second-order valence-electron chi connectivity index (χ2n) is 6.68. The Morgan fingerprint density at radius 2 is 1.63 bits per heavy atom. The lowest BCUT2D eigenvalue weighted by atomic mass is 10.2. The van der Waals surface area contributed by atoms with Crippen LogP contribution in [0.1, 0.15) is 19.4 Å². The van der Waals surface area contributed by atoms with Gasteiger partial charge in [0.05, 0.1) is 52.9 Å². The highest BCUT2D eigenvalue weighted by atomic mass is 35.5. The number of aliphatic hydroxyl groups excluding tert-OH is 1. The molecular formula is C19H31ClNO6-. The minimum absolute atomic E-state index is 0. The van der Waals surface area contributed by atoms with E-state index in [1.54, 1.807) is 21.3 Å². The molecule has 1 aromatic carbocycles. The van der Waals surface area contributed by atoms with Gasteiger partial charge in [-0.15, -0.1) is 0 Å². The van der Waals surface area contributed by atoms with Gasteiger partial charge in [-0.2, -0.15) is 0 Å². The standard InChI is InChI=1S/C19H31NO6.ClH/c1-13-8-20(9-14(2)26-13)10-16(21)12-25-11-15-6-17(22-3)19(24-5)18(7-15)23-4;/h6-7,13-14,16,21H,8-12H2,1-5H3;1H/p-1. The van der Waals surface area contributed by atoms with Gasteiger partial charge in [0, 0.05) is 19.6 Å². The molecule has 1 aromatic rings. The zero-order chi connectivity index (χ0) is 19.1. The van der Waals surface area contributed by atoms with Crippen molar-refractivity contribution in [2.24, 2.45) is 0 Å². The Hall–Kier alpha value is -1.25. The van der Waals surface area contributed by atoms with Crippen molar-refractivity contribution in [1.29, 1.82) is 0 Å². The lowest BCUT2D eigenvalue weighted by Crippen LogP contribution is -3.00. The molecule has 0 radical (unpaired) electrons. The fourth-order valence-electron chi connectivity index (χ4n) is 3.32. The summed E-state index contributed by atoms with van der Waals surface area (Å²) >= 11 is 0. The molecule has 3 atom stereocenters. The van der Waals surface area contributed by atoms with E-state index in [4.69, 9.17) is 23.7 Å². The molecule has 27 heavy (non-hydrogen) atoms. The lowest BCUT2D eigenvalue weighted by molar-refractivity contribution is -0.0826. The topological polar surface area (TPSA) is 69.6 Å². The highest BCUT2D eigenvalue weighted by molar-refractivity contribution is 5.53. The number of benzene rings is 1. The second-order valence-corrected chi connectivity index (χ2v) is 6.68. The van der Waals surface area contributed by atoms with E-state index in [9.17, 15) is 5.11 Å². The Kier molecular flexibility index (Phi) is 10.2. The summed E-state index contributed by atoms with van der Waals surface area (Å²) in [6.45, 7) is 6.95. The van der Waals surface area contributed by atoms with Gasteiger partial charge in [0.1, 0.15) is 0 Å². The molecule has 0 aliphatic carbocycles. The van der Waals surface area contributed by atoms with E-state index < -0.39 is 6.10 Å². The molecule has 2 rings (SSSR count). The van der Waals surface area contributed by atoms with Gasteiger partial charge in [-0.05, 0) is 31.5 Å². The molecule has 0 bridgehead atoms. The van der Waals surface area contributed by atoms with Crippen molar-refractivity contribution in [2.45, 2.75) is 38.8 Å². The van der Waals surface area contributed by atoms with Gasteiger partial charge in [0.25, 0.3) is 0 Å². The van der Waals surface area contributed by atoms with Crippen LogP contribution in [-0.4, -0.2) is 75.9 Å². The van der Waals surface area contributed by atoms with E-state index in [2.05, 4.69) is 18.7 Å². The third-order valence-corrected chi connectivity index (χ3v) is 4.27. The molecular weight excluding hydrogens is 374 g/mol. The molecule has 156 valence electrons. The molecule has 7 nitrogen and oxygen atoms in total. The molecule has 1 fully saturated rings. The smallest absolute Gasteiger partial charge is 0.203 e. The first-order valence-corrected chi connectivity index (χ1v) is 8.89. The fourth-order valence-corrected chi connectivity index (χ4v) is 3.32. The Morgan fingerprint density at radius 1 is 1.07 bits per heavy atom. The van der Waals surface area contributed by atoms with E-state index >= 15 is 0 Å². The van der Waals surface area contributed by atoms with Crippen LogP contribution < -0.4 is 26.6 Å². The number of nitrogens with zero attached hydrogens (tertiary/aromatic N) is 1. The van der Waals surface area contributed by atoms with Crippen LogP contribution >= 0.6 is 0 Å². The van der Waals surface area contributed by atoms with Crippen molar-refractivity contribution >= 4 is 0 Å². The third-order valence-electron chi connectivity index (χ3n) is 4.27. The number of ether oxygens (including phenoxy) is 5. The number of methoxy groups -OCH3 is 3. The van der Waals surface area contributed by atoms with Crippen molar-refractivity contribution in [1.82, 2.24) is 4.90 Å². The maximum absolute atomic E-state index is 10.3. The lowest BCUT2D eigenvalue weighted by Gasteiger charge is -2.36. The van der Waals surface area contributed by atoms with Crippen molar-refractivity contribution in [3.63, 3.8) is 0 Å². The molecule has 0 aromatic heterocycles. The number of aliphatic hydroxyl groups is 1. The van der Waals surface area contributed by atoms with Gasteiger partial charge >= 0.3 is 0 Å². The molecule has 1 aliphatic heterocycles. The average molecular weight is 405 g/mol. The number of hydrogen-bond donors (Lipinski definition) is 1. The molecule has 1 saturated heterocycles. The van der Waals surface area contributed by atoms with E-state index in [-0.39, 0.29) is 31.2 Å². The summed E-state index contributed by atoms with van der Waals surface area (Å²) in [6.07, 6.45) is -0.174. The predicted octanol–water partition coefficient (Wildman–Crippen LogP) is -1.30. The van der Waals surface area contributed by atoms with E-state index in [0.717, 1.165) is 18.7 Å². The molecule has 1 aliphatic rings. The number of hydrogen-bond acceptors (Lipinski definition) is 7. The molecule has 1 heterocycles. The SMILES string of the molecule is COc1cc(COCC(O)CN2CC(C)OC(C)C2)cc(OC)c1OC.[Cl-]. The molecule has 0 saturated carbocycles. The van der Waals surface area contributed by atoms with Gasteiger partial charge < -0.3 is 41.2 Å². The van der Waals surface area contributed by atoms with Gasteiger partial charge in [-0.1, -0.05) is 0 Å². The zero-order valence-corrected chi connectivity index (χ0v) is 17.5. The average Bonchev–Trinajstić information content (AvgIpc) is 2.59. The van der Waals surface area contributed by atoms with Crippen molar-refractivity contribution < 1.29 is 41.2 Å². The van der Waals surface area contributed by atoms with Gasteiger partial charge in [-0.25, -0.2) is 0 Å². The summed E-state index contributed by atoms with van der Waals surface area (Å²) in [5.74, 6) is 1.72. The van der Waals surface area contributed by atoms with Crippen LogP contribution in [0.15, 0.2) is 12.1 Å². The second kappa shape index (κ2) is 11.6. The largest absolute Gasteiger partial charge is 1.00 e. The summed E-state index contributed by atoms with van der Waals surface area (Å²) < 4.78 is 27.4. The zero-order valence-electron chi connectivity index (χ0n) is 16.7. The van der Waals surface area contributed by atoms with Crippen molar-refractivity contribution in [2.75, 3.05) is 47.6 Å². The van der Waals surface area contributed by atoms with Crippen LogP contribution in [0.3, 0.4) is 0 Å². The molecule has 3 unspecified atom stereocenters. The summed E-state index contributed by atoms with van der Waals surface area (Å²) in [5.41, 5.74) is 0.889. The molecule has 8 heteroatoms. The van der Waals surface area contributed by atoms with Crippen LogP contribution in [0.25, 0.3) is 0 Å². The summed E-state index contributed by atoms with van der Waals surface area (Å²) in [6, 6.07) is 3.69. The first-order valence-electron chi connectivity index (χ1n) is 8.89. The monoisotopic (exact) mass is 404 g/mol. The normalized spacial score (nSPS) is 21.3. The van der Waals surface area contributed by atoms with E-state index in [0.29, 0.717) is 30.4 Å². The van der Waals surface area contributed by atoms with Crippen LogP contribution in [0.5, 0.6) is 17.2 Å². The minimum Gasteiger partial charge on any atom is -1.00 e. The Labute approximate surface area is 167 Å². The maximum Gasteiger partial charge on any atom is 0.203 e. The minimum atomic E-state index is -0.547. The quantitative estimate of drug-likeness (QED) is 0.549. The van der Waals surface area contributed by atoms with Crippen LogP contribution in [0.2, 0.25) is 0 Å². The molecule has 0 amide bonds. The summed E-state index contributed by atoms with van der Waals surface area (Å²) in [5, 5.41) is 10.3. The molecule has 0 spiro atoms. The first kappa shape index (κ1) is 23.8. The van der Waals surface area contributed by atoms with Gasteiger partial charge in [-0.3, -0.25) is 4.90 Å². The Bertz CT molecular complexity index is 538. The maximum atomic E-state index is 10.3. The number of halogens is 1. The number of β-amino-alcohol motifs (C(OH)–C–C–N with tert-alkyl or cyclic N) is 1. The fraction of sp³-hybridized carbons (Fsp3) is 0.684. The number of rotatable bonds is 9.